The van der Waals surface area contributed by atoms with Crippen LogP contribution in [0.4, 0.5) is 0 Å². The average molecular weight is 310 g/mol. The van der Waals surface area contributed by atoms with Crippen LogP contribution in [-0.4, -0.2) is 40.0 Å². The highest BCUT2D eigenvalue weighted by Gasteiger charge is 2.05. The highest BCUT2D eigenvalue weighted by Crippen LogP contribution is 2.20. The molecule has 0 aromatic carbocycles. The number of carboxylic acids is 1. The molecule has 0 saturated heterocycles. The van der Waals surface area contributed by atoms with Gasteiger partial charge in [0.1, 0.15) is 0 Å². The Morgan fingerprint density at radius 1 is 1.35 bits per heavy atom. The summed E-state index contributed by atoms with van der Waals surface area (Å²) in [6, 6.07) is 1.61. The minimum Gasteiger partial charge on any atom is -0.481 e. The second-order valence-corrected chi connectivity index (χ2v) is 6.35. The first-order chi connectivity index (χ1) is 9.63. The standard InChI is InChI=1S/C13H14N2O3S2/c1-2-10-7-11(9-14-8-10)13(18)15-4-6-20-19-5-3-12(16)17/h1,7-9H,3-6H2,(H,15,18)(H,16,17). The molecule has 7 heteroatoms. The molecule has 1 aromatic heterocycles. The van der Waals surface area contributed by atoms with Gasteiger partial charge in [-0.05, 0) is 6.07 Å². The number of carbonyl (C=O) groups excluding carboxylic acids is 1. The Hall–Kier alpha value is -1.65. The fourth-order valence-corrected chi connectivity index (χ4v) is 3.08. The monoisotopic (exact) mass is 310 g/mol. The van der Waals surface area contributed by atoms with Gasteiger partial charge in [0.05, 0.1) is 12.0 Å². The molecule has 0 atom stereocenters. The molecule has 20 heavy (non-hydrogen) atoms. The molecule has 1 rings (SSSR count). The maximum Gasteiger partial charge on any atom is 0.304 e. The SMILES string of the molecule is C#Cc1cncc(C(=O)NCCSSCCC(=O)O)c1. The van der Waals surface area contributed by atoms with Crippen molar-refractivity contribution in [3.05, 3.63) is 29.6 Å². The number of hydrogen-bond donors (Lipinski definition) is 2. The van der Waals surface area contributed by atoms with Gasteiger partial charge in [-0.1, -0.05) is 27.5 Å². The van der Waals surface area contributed by atoms with Gasteiger partial charge in [0.25, 0.3) is 5.91 Å². The van der Waals surface area contributed by atoms with Crippen LogP contribution in [0.25, 0.3) is 0 Å². The molecule has 0 saturated carbocycles. The van der Waals surface area contributed by atoms with Crippen LogP contribution in [0, 0.1) is 12.3 Å². The molecule has 0 fully saturated rings. The molecule has 0 unspecified atom stereocenters. The Bertz CT molecular complexity index is 515. The van der Waals surface area contributed by atoms with Crippen molar-refractivity contribution in [3.63, 3.8) is 0 Å². The normalized spacial score (nSPS) is 9.75. The van der Waals surface area contributed by atoms with Crippen LogP contribution in [0.1, 0.15) is 22.3 Å². The molecular weight excluding hydrogens is 296 g/mol. The molecule has 0 spiro atoms. The van der Waals surface area contributed by atoms with E-state index in [9.17, 15) is 9.59 Å². The number of nitrogens with zero attached hydrogens (tertiary/aromatic N) is 1. The maximum absolute atomic E-state index is 11.8. The topological polar surface area (TPSA) is 79.3 Å². The number of aromatic nitrogens is 1. The lowest BCUT2D eigenvalue weighted by atomic mass is 10.2. The van der Waals surface area contributed by atoms with Gasteiger partial charge in [-0.2, -0.15) is 0 Å². The summed E-state index contributed by atoms with van der Waals surface area (Å²) in [6.45, 7) is 0.504. The summed E-state index contributed by atoms with van der Waals surface area (Å²) in [5.41, 5.74) is 1.00. The van der Waals surface area contributed by atoms with E-state index in [-0.39, 0.29) is 12.3 Å². The Balaban J connectivity index is 2.20. The summed E-state index contributed by atoms with van der Waals surface area (Å²) in [6.07, 6.45) is 8.37. The van der Waals surface area contributed by atoms with Gasteiger partial charge in [0.2, 0.25) is 0 Å². The number of hydrogen-bond acceptors (Lipinski definition) is 5. The van der Waals surface area contributed by atoms with Crippen LogP contribution in [0.2, 0.25) is 0 Å². The summed E-state index contributed by atoms with van der Waals surface area (Å²) in [4.78, 5) is 26.0. The van der Waals surface area contributed by atoms with Crippen LogP contribution < -0.4 is 5.32 Å². The van der Waals surface area contributed by atoms with E-state index in [1.165, 1.54) is 34.0 Å². The first-order valence-corrected chi connectivity index (χ1v) is 8.28. The van der Waals surface area contributed by atoms with Crippen molar-refractivity contribution in [2.45, 2.75) is 6.42 Å². The lowest BCUT2D eigenvalue weighted by Crippen LogP contribution is -2.25. The molecule has 0 radical (unpaired) electrons. The quantitative estimate of drug-likeness (QED) is 0.432. The van der Waals surface area contributed by atoms with Crippen LogP contribution in [0.5, 0.6) is 0 Å². The number of amides is 1. The van der Waals surface area contributed by atoms with Gasteiger partial charge in [-0.3, -0.25) is 14.6 Å². The fraction of sp³-hybridized carbons (Fsp3) is 0.308. The van der Waals surface area contributed by atoms with Gasteiger partial charge < -0.3 is 10.4 Å². The molecule has 1 heterocycles. The van der Waals surface area contributed by atoms with E-state index in [0.717, 1.165) is 0 Å². The smallest absolute Gasteiger partial charge is 0.304 e. The molecule has 0 aliphatic heterocycles. The predicted octanol–water partition coefficient (Wildman–Crippen LogP) is 1.65. The molecule has 1 amide bonds. The van der Waals surface area contributed by atoms with E-state index in [1.54, 1.807) is 6.07 Å². The molecule has 0 aliphatic carbocycles. The zero-order valence-electron chi connectivity index (χ0n) is 10.7. The Labute approximate surface area is 125 Å². The van der Waals surface area contributed by atoms with Crippen LogP contribution in [0.15, 0.2) is 18.5 Å². The van der Waals surface area contributed by atoms with E-state index >= 15 is 0 Å². The van der Waals surface area contributed by atoms with Gasteiger partial charge in [0.15, 0.2) is 0 Å². The molecular formula is C13H14N2O3S2. The highest BCUT2D eigenvalue weighted by molar-refractivity contribution is 8.76. The maximum atomic E-state index is 11.8. The summed E-state index contributed by atoms with van der Waals surface area (Å²) >= 11 is 0. The van der Waals surface area contributed by atoms with Crippen LogP contribution >= 0.6 is 21.6 Å². The molecule has 1 aromatic rings. The Morgan fingerprint density at radius 3 is 2.80 bits per heavy atom. The van der Waals surface area contributed by atoms with Crippen molar-refractivity contribution in [1.82, 2.24) is 10.3 Å². The van der Waals surface area contributed by atoms with Crippen molar-refractivity contribution < 1.29 is 14.7 Å². The van der Waals surface area contributed by atoms with Crippen molar-refractivity contribution >= 4 is 33.5 Å². The minimum atomic E-state index is -0.799. The third-order valence-electron chi connectivity index (χ3n) is 2.12. The molecule has 106 valence electrons. The van der Waals surface area contributed by atoms with E-state index in [1.807, 2.05) is 0 Å². The van der Waals surface area contributed by atoms with Crippen LogP contribution in [-0.2, 0) is 4.79 Å². The van der Waals surface area contributed by atoms with Crippen molar-refractivity contribution in [2.24, 2.45) is 0 Å². The minimum absolute atomic E-state index is 0.147. The third kappa shape index (κ3) is 6.50. The number of terminal acetylenes is 1. The van der Waals surface area contributed by atoms with Crippen LogP contribution in [0.3, 0.4) is 0 Å². The molecule has 5 nitrogen and oxygen atoms in total. The largest absolute Gasteiger partial charge is 0.481 e. The van der Waals surface area contributed by atoms with E-state index in [2.05, 4.69) is 16.2 Å². The predicted molar refractivity (Wildman–Crippen MR) is 81.7 cm³/mol. The van der Waals surface area contributed by atoms with E-state index in [0.29, 0.717) is 29.2 Å². The summed E-state index contributed by atoms with van der Waals surface area (Å²) < 4.78 is 0. The van der Waals surface area contributed by atoms with Gasteiger partial charge in [-0.25, -0.2) is 0 Å². The number of aliphatic carboxylic acids is 1. The second kappa shape index (κ2) is 9.28. The number of pyridine rings is 1. The van der Waals surface area contributed by atoms with E-state index < -0.39 is 5.97 Å². The second-order valence-electron chi connectivity index (χ2n) is 3.65. The first-order valence-electron chi connectivity index (χ1n) is 5.79. The summed E-state index contributed by atoms with van der Waals surface area (Å²) in [5, 5.41) is 11.2. The van der Waals surface area contributed by atoms with Gasteiger partial charge in [0, 0.05) is 36.0 Å². The highest BCUT2D eigenvalue weighted by atomic mass is 33.1. The summed E-state index contributed by atoms with van der Waals surface area (Å²) in [5.74, 6) is 2.67. The van der Waals surface area contributed by atoms with Crippen molar-refractivity contribution in [1.29, 1.82) is 0 Å². The third-order valence-corrected chi connectivity index (χ3v) is 4.53. The number of nitrogens with one attached hydrogen (secondary N) is 1. The van der Waals surface area contributed by atoms with Gasteiger partial charge >= 0.3 is 5.97 Å². The fourth-order valence-electron chi connectivity index (χ4n) is 1.20. The number of carbonyl (C=O) groups is 2. The summed E-state index contributed by atoms with van der Waals surface area (Å²) in [7, 11) is 3.01. The lowest BCUT2D eigenvalue weighted by molar-refractivity contribution is -0.136. The Kier molecular flexibility index (Phi) is 7.62. The van der Waals surface area contributed by atoms with E-state index in [4.69, 9.17) is 11.5 Å². The zero-order valence-corrected chi connectivity index (χ0v) is 12.3. The average Bonchev–Trinajstić information content (AvgIpc) is 2.45. The zero-order chi connectivity index (χ0) is 14.8. The molecule has 2 N–H and O–H groups in total. The number of rotatable bonds is 8. The Morgan fingerprint density at radius 2 is 2.10 bits per heavy atom. The van der Waals surface area contributed by atoms with Gasteiger partial charge in [-0.15, -0.1) is 6.42 Å². The molecule has 0 bridgehead atoms. The van der Waals surface area contributed by atoms with Crippen molar-refractivity contribution in [2.75, 3.05) is 18.1 Å². The van der Waals surface area contributed by atoms with Crippen molar-refractivity contribution in [3.8, 4) is 12.3 Å². The molecule has 0 aliphatic rings. The first kappa shape index (κ1) is 16.4. The lowest BCUT2D eigenvalue weighted by Gasteiger charge is -2.04. The number of carboxylic acid groups (broad SMARTS) is 1.